The molecule has 0 bridgehead atoms. The zero-order valence-electron chi connectivity index (χ0n) is 19.6. The summed E-state index contributed by atoms with van der Waals surface area (Å²) >= 11 is 0. The molecule has 1 aromatic carbocycles. The van der Waals surface area contributed by atoms with Crippen molar-refractivity contribution in [2.24, 2.45) is 0 Å². The molecule has 0 aliphatic carbocycles. The number of carboxylic acids is 1. The number of carboxylic acid groups (broad SMARTS) is 1. The number of nitrogens with one attached hydrogen (secondary N) is 1. The number of carbonyl (C=O) groups excluding carboxylic acids is 2. The van der Waals surface area contributed by atoms with Crippen LogP contribution in [0, 0.1) is 0 Å². The first-order valence-corrected chi connectivity index (χ1v) is 11.5. The van der Waals surface area contributed by atoms with Gasteiger partial charge in [0.25, 0.3) is 0 Å². The largest absolute Gasteiger partial charge is 0.550 e. The van der Waals surface area contributed by atoms with Crippen LogP contribution in [-0.2, 0) is 16.0 Å². The molecular weight excluding hydrogens is 394 g/mol. The van der Waals surface area contributed by atoms with Gasteiger partial charge in [0.1, 0.15) is 0 Å². The Balaban J connectivity index is 2.06. The average Bonchev–Trinajstić information content (AvgIpc) is 2.71. The number of benzene rings is 1. The highest BCUT2D eigenvalue weighted by atomic mass is 16.5. The minimum Gasteiger partial charge on any atom is -0.550 e. The maximum absolute atomic E-state index is 12.4. The molecule has 7 nitrogen and oxygen atoms in total. The Labute approximate surface area is 187 Å². The molecule has 0 saturated carbocycles. The van der Waals surface area contributed by atoms with Gasteiger partial charge in [0.15, 0.2) is 0 Å². The fourth-order valence-electron chi connectivity index (χ4n) is 3.29. The summed E-state index contributed by atoms with van der Waals surface area (Å²) in [6, 6.07) is 10.4. The Hall–Kier alpha value is -2.12. The summed E-state index contributed by atoms with van der Waals surface area (Å²) in [5.41, 5.74) is 1.39. The Morgan fingerprint density at radius 1 is 0.935 bits per heavy atom. The Bertz CT molecular complexity index is 617. The van der Waals surface area contributed by atoms with Gasteiger partial charge in [-0.25, -0.2) is 9.39 Å². The maximum Gasteiger partial charge on any atom is 0.361 e. The molecule has 7 heteroatoms. The number of rotatable bonds is 17. The Kier molecular flexibility index (Phi) is 13.6. The highest BCUT2D eigenvalue weighted by Crippen LogP contribution is 2.09. The van der Waals surface area contributed by atoms with Gasteiger partial charge in [0, 0.05) is 25.7 Å². The fourth-order valence-corrected chi connectivity index (χ4v) is 3.29. The number of aliphatic carboxylic acids is 1. The van der Waals surface area contributed by atoms with E-state index in [-0.39, 0.29) is 12.5 Å². The number of nitrogens with zero attached hydrogens (tertiary/aromatic N) is 2. The van der Waals surface area contributed by atoms with Gasteiger partial charge in [0.05, 0.1) is 27.7 Å². The number of ether oxygens (including phenoxy) is 1. The molecular formula is C24H41N3O4. The van der Waals surface area contributed by atoms with Crippen LogP contribution in [0.5, 0.6) is 0 Å². The monoisotopic (exact) mass is 435 g/mol. The molecule has 1 aromatic rings. The molecule has 0 saturated heterocycles. The van der Waals surface area contributed by atoms with E-state index < -0.39 is 5.97 Å². The van der Waals surface area contributed by atoms with Crippen LogP contribution in [-0.4, -0.2) is 69.0 Å². The molecule has 0 spiro atoms. The van der Waals surface area contributed by atoms with Crippen LogP contribution in [0.15, 0.2) is 30.3 Å². The summed E-state index contributed by atoms with van der Waals surface area (Å²) in [7, 11) is 5.85. The van der Waals surface area contributed by atoms with Crippen molar-refractivity contribution in [3.8, 4) is 0 Å². The summed E-state index contributed by atoms with van der Waals surface area (Å²) in [6.45, 7) is 2.62. The minimum absolute atomic E-state index is 0.0419. The van der Waals surface area contributed by atoms with Crippen LogP contribution in [0.4, 0.5) is 4.79 Å². The van der Waals surface area contributed by atoms with Crippen LogP contribution < -0.4 is 10.4 Å². The van der Waals surface area contributed by atoms with E-state index in [0.29, 0.717) is 24.1 Å². The molecule has 0 aliphatic heterocycles. The van der Waals surface area contributed by atoms with E-state index in [0.717, 1.165) is 58.2 Å². The molecule has 2 amide bonds. The van der Waals surface area contributed by atoms with Gasteiger partial charge in [-0.2, -0.15) is 5.01 Å². The summed E-state index contributed by atoms with van der Waals surface area (Å²) in [6.07, 6.45) is 7.79. The van der Waals surface area contributed by atoms with Gasteiger partial charge in [-0.3, -0.25) is 0 Å². The lowest BCUT2D eigenvalue weighted by Crippen LogP contribution is -2.58. The number of hydrogen-bond acceptors (Lipinski definition) is 4. The second-order valence-electron chi connectivity index (χ2n) is 8.74. The van der Waals surface area contributed by atoms with Crippen molar-refractivity contribution < 1.29 is 24.0 Å². The highest BCUT2D eigenvalue weighted by Gasteiger charge is 2.25. The lowest BCUT2D eigenvalue weighted by atomic mass is 10.1. The quantitative estimate of drug-likeness (QED) is 0.232. The molecule has 0 fully saturated rings. The van der Waals surface area contributed by atoms with Gasteiger partial charge < -0.3 is 20.0 Å². The number of unbranched alkanes of at least 4 members (excludes halogenated alkanes) is 4. The van der Waals surface area contributed by atoms with Crippen LogP contribution >= 0.6 is 0 Å². The summed E-state index contributed by atoms with van der Waals surface area (Å²) < 4.78 is 6.14. The van der Waals surface area contributed by atoms with Crippen LogP contribution in [0.25, 0.3) is 0 Å². The third-order valence-corrected chi connectivity index (χ3v) is 5.05. The van der Waals surface area contributed by atoms with E-state index in [1.807, 2.05) is 27.2 Å². The van der Waals surface area contributed by atoms with Crippen molar-refractivity contribution in [3.63, 3.8) is 0 Å². The third kappa shape index (κ3) is 13.7. The van der Waals surface area contributed by atoms with Gasteiger partial charge >= 0.3 is 6.03 Å². The lowest BCUT2D eigenvalue weighted by molar-refractivity contribution is -0.973. The number of amides is 2. The van der Waals surface area contributed by atoms with Gasteiger partial charge in [-0.15, -0.1) is 0 Å². The van der Waals surface area contributed by atoms with Gasteiger partial charge in [-0.1, -0.05) is 43.2 Å². The number of hydrogen-bond donors (Lipinski definition) is 1. The zero-order valence-corrected chi connectivity index (χ0v) is 19.6. The van der Waals surface area contributed by atoms with Crippen molar-refractivity contribution in [3.05, 3.63) is 35.9 Å². The smallest absolute Gasteiger partial charge is 0.361 e. The van der Waals surface area contributed by atoms with Gasteiger partial charge in [0.2, 0.25) is 0 Å². The lowest BCUT2D eigenvalue weighted by Gasteiger charge is -2.36. The Morgan fingerprint density at radius 3 is 2.23 bits per heavy atom. The molecule has 1 rings (SSSR count). The molecule has 0 heterocycles. The second kappa shape index (κ2) is 15.6. The summed E-state index contributed by atoms with van der Waals surface area (Å²) in [5.74, 6) is -1.09. The first-order chi connectivity index (χ1) is 14.8. The molecule has 0 aliphatic rings. The van der Waals surface area contributed by atoms with E-state index in [1.165, 1.54) is 5.56 Å². The van der Waals surface area contributed by atoms with Crippen molar-refractivity contribution in [2.75, 3.05) is 47.4 Å². The highest BCUT2D eigenvalue weighted by molar-refractivity contribution is 5.73. The third-order valence-electron chi connectivity index (χ3n) is 5.05. The molecule has 0 unspecified atom stereocenters. The minimum atomic E-state index is -1.09. The standard InChI is InChI=1S/C24H41N3O4/c1-27(2,3)26(24(30)25-18-13-17-23(28)29)19-10-4-5-11-20-31-21-12-9-16-22-14-7-6-8-15-22/h6-8,14-15H,4-5,9-13,16-21H2,1-3H3,(H-,25,28,29,30). The number of urea groups is 1. The first kappa shape index (κ1) is 26.9. The molecule has 176 valence electrons. The summed E-state index contributed by atoms with van der Waals surface area (Å²) in [5, 5.41) is 15.0. The van der Waals surface area contributed by atoms with E-state index in [4.69, 9.17) is 4.74 Å². The number of quaternary nitrogens is 1. The molecule has 31 heavy (non-hydrogen) atoms. The van der Waals surface area contributed by atoms with E-state index in [1.54, 1.807) is 5.01 Å². The topological polar surface area (TPSA) is 81.7 Å². The average molecular weight is 436 g/mol. The zero-order chi connectivity index (χ0) is 23.0. The first-order valence-electron chi connectivity index (χ1n) is 11.5. The van der Waals surface area contributed by atoms with Crippen LogP contribution in [0.2, 0.25) is 0 Å². The molecule has 0 atom stereocenters. The SMILES string of the molecule is C[N+](C)(C)N(CCCCCCOCCCCc1ccccc1)C(=O)NCCCC(=O)[O-]. The number of aryl methyl sites for hydroxylation is 1. The maximum atomic E-state index is 12.4. The normalized spacial score (nSPS) is 11.3. The predicted octanol–water partition coefficient (Wildman–Crippen LogP) is 2.75. The molecule has 1 N–H and O–H groups in total. The van der Waals surface area contributed by atoms with Crippen molar-refractivity contribution in [1.82, 2.24) is 10.3 Å². The van der Waals surface area contributed by atoms with E-state index in [9.17, 15) is 14.7 Å². The van der Waals surface area contributed by atoms with Crippen molar-refractivity contribution in [1.29, 1.82) is 0 Å². The Morgan fingerprint density at radius 2 is 1.58 bits per heavy atom. The summed E-state index contributed by atoms with van der Waals surface area (Å²) in [4.78, 5) is 22.9. The van der Waals surface area contributed by atoms with Crippen LogP contribution in [0.1, 0.15) is 56.9 Å². The van der Waals surface area contributed by atoms with Gasteiger partial charge in [-0.05, 0) is 50.5 Å². The van der Waals surface area contributed by atoms with Crippen molar-refractivity contribution in [2.45, 2.75) is 57.8 Å². The predicted molar refractivity (Wildman–Crippen MR) is 121 cm³/mol. The number of carbonyl (C=O) groups is 2. The van der Waals surface area contributed by atoms with E-state index in [2.05, 4.69) is 29.6 Å². The van der Waals surface area contributed by atoms with E-state index >= 15 is 0 Å². The fraction of sp³-hybridized carbons (Fsp3) is 0.667. The second-order valence-corrected chi connectivity index (χ2v) is 8.74. The molecule has 0 radical (unpaired) electrons. The molecule has 0 aromatic heterocycles. The van der Waals surface area contributed by atoms with Crippen LogP contribution in [0.3, 0.4) is 0 Å². The van der Waals surface area contributed by atoms with Crippen molar-refractivity contribution >= 4 is 12.0 Å².